The van der Waals surface area contributed by atoms with E-state index in [0.29, 0.717) is 24.9 Å². The van der Waals surface area contributed by atoms with Gasteiger partial charge in [0.05, 0.1) is 12.0 Å². The molecule has 4 nitrogen and oxygen atoms in total. The lowest BCUT2D eigenvalue weighted by molar-refractivity contribution is -0.129. The van der Waals surface area contributed by atoms with Crippen LogP contribution in [0, 0.1) is 11.8 Å². The Balaban J connectivity index is 1.44. The standard InChI is InChI=1S/C18H24N2O2S/c21-16-10-13(11-20(16)14-7-8-14)18(22)19-17(12-4-1-2-5-12)15-6-3-9-23-15/h3,6,9,12-14,17H,1-2,4-5,7-8,10-11H2,(H,19,22)/t13-,17-/m0/s1. The largest absolute Gasteiger partial charge is 0.348 e. The maximum absolute atomic E-state index is 12.8. The van der Waals surface area contributed by atoms with Gasteiger partial charge in [-0.25, -0.2) is 0 Å². The minimum atomic E-state index is -0.160. The van der Waals surface area contributed by atoms with Crippen molar-refractivity contribution < 1.29 is 9.59 Å². The predicted molar refractivity (Wildman–Crippen MR) is 90.0 cm³/mol. The minimum Gasteiger partial charge on any atom is -0.348 e. The van der Waals surface area contributed by atoms with Crippen molar-refractivity contribution in [3.8, 4) is 0 Å². The first kappa shape index (κ1) is 15.2. The Kier molecular flexibility index (Phi) is 4.14. The topological polar surface area (TPSA) is 49.4 Å². The van der Waals surface area contributed by atoms with E-state index < -0.39 is 0 Å². The van der Waals surface area contributed by atoms with Crippen LogP contribution in [0.5, 0.6) is 0 Å². The van der Waals surface area contributed by atoms with Gasteiger partial charge in [-0.1, -0.05) is 18.9 Å². The Bertz CT molecular complexity index is 576. The summed E-state index contributed by atoms with van der Waals surface area (Å²) in [4.78, 5) is 28.0. The van der Waals surface area contributed by atoms with Crippen LogP contribution in [0.3, 0.4) is 0 Å². The van der Waals surface area contributed by atoms with Gasteiger partial charge < -0.3 is 10.2 Å². The summed E-state index contributed by atoms with van der Waals surface area (Å²) in [7, 11) is 0. The number of carbonyl (C=O) groups is 2. The summed E-state index contributed by atoms with van der Waals surface area (Å²) in [6, 6.07) is 4.74. The molecule has 3 fully saturated rings. The van der Waals surface area contributed by atoms with Gasteiger partial charge in [0.15, 0.2) is 0 Å². The SMILES string of the molecule is O=C(N[C@H](c1cccs1)C1CCCC1)[C@H]1CC(=O)N(C2CC2)C1. The summed E-state index contributed by atoms with van der Waals surface area (Å²) in [5.74, 6) is 0.634. The zero-order chi connectivity index (χ0) is 15.8. The molecule has 1 N–H and O–H groups in total. The van der Waals surface area contributed by atoms with E-state index in [1.807, 2.05) is 4.90 Å². The summed E-state index contributed by atoms with van der Waals surface area (Å²) < 4.78 is 0. The Morgan fingerprint density at radius 3 is 2.70 bits per heavy atom. The maximum atomic E-state index is 12.8. The lowest BCUT2D eigenvalue weighted by Gasteiger charge is -2.25. The minimum absolute atomic E-state index is 0.0757. The first-order valence-electron chi connectivity index (χ1n) is 8.85. The highest BCUT2D eigenvalue weighted by Crippen LogP contribution is 2.38. The molecule has 2 heterocycles. The van der Waals surface area contributed by atoms with Crippen LogP contribution in [0.15, 0.2) is 17.5 Å². The second-order valence-electron chi connectivity index (χ2n) is 7.22. The van der Waals surface area contributed by atoms with E-state index in [1.165, 1.54) is 30.6 Å². The highest BCUT2D eigenvalue weighted by Gasteiger charge is 2.42. The summed E-state index contributed by atoms with van der Waals surface area (Å²) in [6.07, 6.45) is 7.53. The number of carbonyl (C=O) groups excluding carboxylic acids is 2. The number of thiophene rings is 1. The van der Waals surface area contributed by atoms with E-state index in [-0.39, 0.29) is 23.8 Å². The normalized spacial score (nSPS) is 26.7. The zero-order valence-electron chi connectivity index (χ0n) is 13.4. The first-order chi connectivity index (χ1) is 11.2. The molecule has 3 aliphatic rings. The maximum Gasteiger partial charge on any atom is 0.225 e. The second kappa shape index (κ2) is 6.27. The molecule has 2 aliphatic carbocycles. The lowest BCUT2D eigenvalue weighted by Crippen LogP contribution is -2.38. The fourth-order valence-corrected chi connectivity index (χ4v) is 4.97. The number of likely N-dealkylation sites (tertiary alicyclic amines) is 1. The van der Waals surface area contributed by atoms with Crippen LogP contribution in [0.4, 0.5) is 0 Å². The third-order valence-corrected chi connectivity index (χ3v) is 6.49. The van der Waals surface area contributed by atoms with E-state index in [1.54, 1.807) is 11.3 Å². The average molecular weight is 332 g/mol. The van der Waals surface area contributed by atoms with Crippen LogP contribution < -0.4 is 5.32 Å². The van der Waals surface area contributed by atoms with Gasteiger partial charge in [0.2, 0.25) is 11.8 Å². The molecule has 2 amide bonds. The van der Waals surface area contributed by atoms with Crippen molar-refractivity contribution in [3.05, 3.63) is 22.4 Å². The number of nitrogens with one attached hydrogen (secondary N) is 1. The van der Waals surface area contributed by atoms with Crippen molar-refractivity contribution in [1.29, 1.82) is 0 Å². The van der Waals surface area contributed by atoms with Crippen molar-refractivity contribution >= 4 is 23.2 Å². The Labute approximate surface area is 141 Å². The van der Waals surface area contributed by atoms with Crippen LogP contribution in [0.25, 0.3) is 0 Å². The van der Waals surface area contributed by atoms with E-state index in [2.05, 4.69) is 22.8 Å². The van der Waals surface area contributed by atoms with Crippen LogP contribution in [-0.4, -0.2) is 29.3 Å². The van der Waals surface area contributed by atoms with Crippen molar-refractivity contribution in [1.82, 2.24) is 10.2 Å². The summed E-state index contributed by atoms with van der Waals surface area (Å²) in [6.45, 7) is 0.622. The van der Waals surface area contributed by atoms with E-state index >= 15 is 0 Å². The van der Waals surface area contributed by atoms with Gasteiger partial charge in [0.1, 0.15) is 0 Å². The number of rotatable bonds is 5. The fraction of sp³-hybridized carbons (Fsp3) is 0.667. The summed E-state index contributed by atoms with van der Waals surface area (Å²) >= 11 is 1.73. The molecule has 1 aromatic rings. The van der Waals surface area contributed by atoms with Crippen LogP contribution in [0.2, 0.25) is 0 Å². The molecule has 4 rings (SSSR count). The molecule has 0 radical (unpaired) electrons. The van der Waals surface area contributed by atoms with Crippen molar-refractivity contribution in [2.75, 3.05) is 6.54 Å². The third-order valence-electron chi connectivity index (χ3n) is 5.54. The van der Waals surface area contributed by atoms with Gasteiger partial charge >= 0.3 is 0 Å². The second-order valence-corrected chi connectivity index (χ2v) is 8.20. The molecule has 23 heavy (non-hydrogen) atoms. The van der Waals surface area contributed by atoms with E-state index in [4.69, 9.17) is 0 Å². The number of hydrogen-bond acceptors (Lipinski definition) is 3. The van der Waals surface area contributed by atoms with Crippen LogP contribution in [0.1, 0.15) is 55.9 Å². The van der Waals surface area contributed by atoms with Gasteiger partial charge in [-0.3, -0.25) is 9.59 Å². The van der Waals surface area contributed by atoms with Gasteiger partial charge in [0.25, 0.3) is 0 Å². The molecule has 0 aromatic carbocycles. The molecular formula is C18H24N2O2S. The van der Waals surface area contributed by atoms with Crippen LogP contribution >= 0.6 is 11.3 Å². The molecule has 1 aliphatic heterocycles. The Morgan fingerprint density at radius 1 is 1.26 bits per heavy atom. The van der Waals surface area contributed by atoms with Crippen molar-refractivity contribution in [3.63, 3.8) is 0 Å². The molecular weight excluding hydrogens is 308 g/mol. The average Bonchev–Trinajstić information content (AvgIpc) is 3.02. The van der Waals surface area contributed by atoms with Crippen molar-refractivity contribution in [2.24, 2.45) is 11.8 Å². The highest BCUT2D eigenvalue weighted by molar-refractivity contribution is 7.10. The van der Waals surface area contributed by atoms with Crippen molar-refractivity contribution in [2.45, 2.75) is 57.0 Å². The van der Waals surface area contributed by atoms with E-state index in [9.17, 15) is 9.59 Å². The molecule has 5 heteroatoms. The lowest BCUT2D eigenvalue weighted by atomic mass is 9.95. The molecule has 124 valence electrons. The molecule has 1 saturated heterocycles. The fourth-order valence-electron chi connectivity index (χ4n) is 4.10. The highest BCUT2D eigenvalue weighted by atomic mass is 32.1. The first-order valence-corrected chi connectivity index (χ1v) is 9.73. The van der Waals surface area contributed by atoms with Crippen LogP contribution in [-0.2, 0) is 9.59 Å². The number of amides is 2. The monoisotopic (exact) mass is 332 g/mol. The van der Waals surface area contributed by atoms with Gasteiger partial charge in [0, 0.05) is 23.9 Å². The summed E-state index contributed by atoms with van der Waals surface area (Å²) in [5.41, 5.74) is 0. The molecule has 0 unspecified atom stereocenters. The Hall–Kier alpha value is -1.36. The number of hydrogen-bond donors (Lipinski definition) is 1. The summed E-state index contributed by atoms with van der Waals surface area (Å²) in [5, 5.41) is 5.38. The van der Waals surface area contributed by atoms with Gasteiger partial charge in [-0.2, -0.15) is 0 Å². The predicted octanol–water partition coefficient (Wildman–Crippen LogP) is 3.11. The molecule has 0 spiro atoms. The molecule has 0 bridgehead atoms. The number of nitrogens with zero attached hydrogens (tertiary/aromatic N) is 1. The molecule has 2 saturated carbocycles. The Morgan fingerprint density at radius 2 is 2.04 bits per heavy atom. The quantitative estimate of drug-likeness (QED) is 0.901. The van der Waals surface area contributed by atoms with Gasteiger partial charge in [-0.15, -0.1) is 11.3 Å². The third kappa shape index (κ3) is 3.16. The smallest absolute Gasteiger partial charge is 0.225 e. The van der Waals surface area contributed by atoms with Gasteiger partial charge in [-0.05, 0) is 43.0 Å². The molecule has 2 atom stereocenters. The molecule has 1 aromatic heterocycles. The zero-order valence-corrected chi connectivity index (χ0v) is 14.2. The van der Waals surface area contributed by atoms with E-state index in [0.717, 1.165) is 12.8 Å².